The highest BCUT2D eigenvalue weighted by molar-refractivity contribution is 5.83. The third kappa shape index (κ3) is 3.22. The Labute approximate surface area is 96.7 Å². The number of hydrogen-bond acceptors (Lipinski definition) is 3. The van der Waals surface area contributed by atoms with Gasteiger partial charge >= 0.3 is 0 Å². The molecular weight excluding hydrogens is 202 g/mol. The summed E-state index contributed by atoms with van der Waals surface area (Å²) >= 11 is 0. The average molecular weight is 221 g/mol. The highest BCUT2D eigenvalue weighted by Gasteiger charge is 2.15. The minimum Gasteiger partial charge on any atom is -0.359 e. The normalized spacial score (nSPS) is 12.0. The van der Waals surface area contributed by atoms with Crippen LogP contribution in [0, 0.1) is 6.92 Å². The third-order valence-electron chi connectivity index (χ3n) is 2.50. The molecule has 0 radical (unpaired) electrons. The van der Waals surface area contributed by atoms with Gasteiger partial charge in [0.2, 0.25) is 5.91 Å². The van der Waals surface area contributed by atoms with Crippen LogP contribution in [0.5, 0.6) is 0 Å². The molecule has 1 atom stereocenters. The number of anilines is 1. The van der Waals surface area contributed by atoms with E-state index >= 15 is 0 Å². The van der Waals surface area contributed by atoms with E-state index in [4.69, 9.17) is 0 Å². The third-order valence-corrected chi connectivity index (χ3v) is 2.50. The summed E-state index contributed by atoms with van der Waals surface area (Å²) in [5.74, 6) is 0.806. The van der Waals surface area contributed by atoms with Crippen LogP contribution in [-0.2, 0) is 4.79 Å². The van der Waals surface area contributed by atoms with Crippen molar-refractivity contribution < 1.29 is 4.79 Å². The molecule has 16 heavy (non-hydrogen) atoms. The Kier molecular flexibility index (Phi) is 4.28. The number of nitrogens with zero attached hydrogens (tertiary/aromatic N) is 2. The van der Waals surface area contributed by atoms with Gasteiger partial charge in [-0.1, -0.05) is 6.07 Å². The zero-order valence-electron chi connectivity index (χ0n) is 10.3. The van der Waals surface area contributed by atoms with Crippen LogP contribution in [0.2, 0.25) is 0 Å². The number of aryl methyl sites for hydroxylation is 1. The van der Waals surface area contributed by atoms with Gasteiger partial charge in [-0.2, -0.15) is 0 Å². The fourth-order valence-corrected chi connectivity index (χ4v) is 1.32. The lowest BCUT2D eigenvalue weighted by Gasteiger charge is -2.20. The smallest absolute Gasteiger partial charge is 0.244 e. The van der Waals surface area contributed by atoms with Crippen molar-refractivity contribution >= 4 is 11.7 Å². The van der Waals surface area contributed by atoms with Gasteiger partial charge in [0, 0.05) is 19.8 Å². The first-order chi connectivity index (χ1) is 7.54. The molecule has 0 aliphatic carbocycles. The van der Waals surface area contributed by atoms with Gasteiger partial charge in [0.1, 0.15) is 11.9 Å². The number of aromatic nitrogens is 1. The number of hydrogen-bond donors (Lipinski definition) is 1. The second-order valence-electron chi connectivity index (χ2n) is 3.94. The molecule has 0 bridgehead atoms. The number of carbonyl (C=O) groups is 1. The summed E-state index contributed by atoms with van der Waals surface area (Å²) in [6, 6.07) is 3.60. The van der Waals surface area contributed by atoms with Crippen molar-refractivity contribution in [1.29, 1.82) is 0 Å². The van der Waals surface area contributed by atoms with Crippen LogP contribution in [0.3, 0.4) is 0 Å². The predicted octanol–water partition coefficient (Wildman–Crippen LogP) is 1.67. The number of carbonyl (C=O) groups excluding carboxylic acids is 1. The minimum atomic E-state index is -0.250. The Hall–Kier alpha value is -1.58. The van der Waals surface area contributed by atoms with Gasteiger partial charge in [-0.15, -0.1) is 0 Å². The van der Waals surface area contributed by atoms with Gasteiger partial charge in [-0.05, 0) is 32.4 Å². The molecule has 0 spiro atoms. The van der Waals surface area contributed by atoms with E-state index in [-0.39, 0.29) is 11.9 Å². The number of amides is 1. The summed E-state index contributed by atoms with van der Waals surface area (Å²) in [6.07, 6.45) is 1.78. The molecule has 4 nitrogen and oxygen atoms in total. The van der Waals surface area contributed by atoms with Crippen molar-refractivity contribution in [2.75, 3.05) is 18.9 Å². The van der Waals surface area contributed by atoms with Crippen molar-refractivity contribution in [2.24, 2.45) is 0 Å². The van der Waals surface area contributed by atoms with Crippen molar-refractivity contribution in [1.82, 2.24) is 9.88 Å². The van der Waals surface area contributed by atoms with Crippen LogP contribution in [0.4, 0.5) is 5.82 Å². The van der Waals surface area contributed by atoms with E-state index in [0.29, 0.717) is 6.54 Å². The second-order valence-corrected chi connectivity index (χ2v) is 3.94. The van der Waals surface area contributed by atoms with Crippen LogP contribution < -0.4 is 5.32 Å². The molecule has 0 aliphatic rings. The molecule has 1 heterocycles. The summed E-state index contributed by atoms with van der Waals surface area (Å²) in [6.45, 7) is 6.49. The standard InChI is InChI=1S/C12H19N3O/c1-5-15(4)12(16)10(3)14-11-7-6-9(2)8-13-11/h6-8,10H,5H2,1-4H3,(H,13,14). The lowest BCUT2D eigenvalue weighted by Crippen LogP contribution is -2.38. The maximum atomic E-state index is 11.8. The second kappa shape index (κ2) is 5.49. The number of likely N-dealkylation sites (N-methyl/N-ethyl adjacent to an activating group) is 1. The summed E-state index contributed by atoms with van der Waals surface area (Å²) in [5, 5.41) is 3.08. The molecule has 0 aromatic carbocycles. The Balaban J connectivity index is 2.60. The zero-order chi connectivity index (χ0) is 12.1. The van der Waals surface area contributed by atoms with E-state index in [2.05, 4.69) is 10.3 Å². The summed E-state index contributed by atoms with van der Waals surface area (Å²) in [7, 11) is 1.79. The van der Waals surface area contributed by atoms with Gasteiger partial charge < -0.3 is 10.2 Å². The van der Waals surface area contributed by atoms with E-state index < -0.39 is 0 Å². The fraction of sp³-hybridized carbons (Fsp3) is 0.500. The highest BCUT2D eigenvalue weighted by Crippen LogP contribution is 2.06. The van der Waals surface area contributed by atoms with Crippen LogP contribution in [0.25, 0.3) is 0 Å². The van der Waals surface area contributed by atoms with E-state index in [1.165, 1.54) is 0 Å². The van der Waals surface area contributed by atoms with E-state index in [0.717, 1.165) is 11.4 Å². The van der Waals surface area contributed by atoms with Crippen LogP contribution in [0.15, 0.2) is 18.3 Å². The van der Waals surface area contributed by atoms with E-state index in [1.807, 2.05) is 32.9 Å². The first-order valence-electron chi connectivity index (χ1n) is 5.48. The summed E-state index contributed by atoms with van der Waals surface area (Å²) in [5.41, 5.74) is 1.11. The molecule has 1 aromatic rings. The van der Waals surface area contributed by atoms with Gasteiger partial charge in [0.05, 0.1) is 0 Å². The molecule has 4 heteroatoms. The molecule has 1 aromatic heterocycles. The van der Waals surface area contributed by atoms with Crippen LogP contribution in [-0.4, -0.2) is 35.4 Å². The van der Waals surface area contributed by atoms with Crippen molar-refractivity contribution in [2.45, 2.75) is 26.8 Å². The highest BCUT2D eigenvalue weighted by atomic mass is 16.2. The molecule has 0 aliphatic heterocycles. The van der Waals surface area contributed by atoms with Crippen LogP contribution in [0.1, 0.15) is 19.4 Å². The lowest BCUT2D eigenvalue weighted by molar-refractivity contribution is -0.130. The molecule has 0 saturated heterocycles. The number of pyridine rings is 1. The first-order valence-corrected chi connectivity index (χ1v) is 5.48. The van der Waals surface area contributed by atoms with Gasteiger partial charge in [0.25, 0.3) is 0 Å². The Bertz CT molecular complexity index is 348. The summed E-state index contributed by atoms with van der Waals surface area (Å²) < 4.78 is 0. The van der Waals surface area contributed by atoms with Gasteiger partial charge in [-0.3, -0.25) is 4.79 Å². The molecule has 88 valence electrons. The van der Waals surface area contributed by atoms with Crippen molar-refractivity contribution in [3.05, 3.63) is 23.9 Å². The maximum absolute atomic E-state index is 11.8. The maximum Gasteiger partial charge on any atom is 0.244 e. The fourth-order valence-electron chi connectivity index (χ4n) is 1.32. The SMILES string of the molecule is CCN(C)C(=O)C(C)Nc1ccc(C)cn1. The van der Waals surface area contributed by atoms with Crippen LogP contribution >= 0.6 is 0 Å². The Morgan fingerprint density at radius 3 is 2.75 bits per heavy atom. The molecule has 1 rings (SSSR count). The zero-order valence-corrected chi connectivity index (χ0v) is 10.3. The minimum absolute atomic E-state index is 0.0740. The largest absolute Gasteiger partial charge is 0.359 e. The first kappa shape index (κ1) is 12.5. The molecule has 1 N–H and O–H groups in total. The Morgan fingerprint density at radius 2 is 2.25 bits per heavy atom. The quantitative estimate of drug-likeness (QED) is 0.841. The lowest BCUT2D eigenvalue weighted by atomic mass is 10.2. The Morgan fingerprint density at radius 1 is 1.56 bits per heavy atom. The van der Waals surface area contributed by atoms with Crippen molar-refractivity contribution in [3.8, 4) is 0 Å². The molecule has 0 saturated carbocycles. The molecule has 1 amide bonds. The topological polar surface area (TPSA) is 45.2 Å². The molecule has 0 fully saturated rings. The number of rotatable bonds is 4. The van der Waals surface area contributed by atoms with Gasteiger partial charge in [-0.25, -0.2) is 4.98 Å². The molecule has 1 unspecified atom stereocenters. The van der Waals surface area contributed by atoms with E-state index in [9.17, 15) is 4.79 Å². The van der Waals surface area contributed by atoms with E-state index in [1.54, 1.807) is 18.1 Å². The predicted molar refractivity (Wildman–Crippen MR) is 65.4 cm³/mol. The summed E-state index contributed by atoms with van der Waals surface area (Å²) in [4.78, 5) is 17.7. The van der Waals surface area contributed by atoms with Crippen molar-refractivity contribution in [3.63, 3.8) is 0 Å². The number of nitrogens with one attached hydrogen (secondary N) is 1. The monoisotopic (exact) mass is 221 g/mol. The van der Waals surface area contributed by atoms with Gasteiger partial charge in [0.15, 0.2) is 0 Å². The average Bonchev–Trinajstić information content (AvgIpc) is 2.30. The molecular formula is C12H19N3O.